The summed E-state index contributed by atoms with van der Waals surface area (Å²) in [5.74, 6) is 0.871. The van der Waals surface area contributed by atoms with Gasteiger partial charge in [0.1, 0.15) is 11.5 Å². The van der Waals surface area contributed by atoms with Crippen LogP contribution in [0.4, 0.5) is 0 Å². The van der Waals surface area contributed by atoms with Gasteiger partial charge in [0.25, 0.3) is 5.91 Å². The first-order chi connectivity index (χ1) is 10.7. The summed E-state index contributed by atoms with van der Waals surface area (Å²) >= 11 is 0. The van der Waals surface area contributed by atoms with Crippen molar-refractivity contribution in [2.75, 3.05) is 6.54 Å². The molecule has 5 heteroatoms. The zero-order chi connectivity index (χ0) is 15.4. The summed E-state index contributed by atoms with van der Waals surface area (Å²) in [7, 11) is 0. The van der Waals surface area contributed by atoms with Crippen molar-refractivity contribution in [1.29, 1.82) is 0 Å². The van der Waals surface area contributed by atoms with Crippen molar-refractivity contribution >= 4 is 11.8 Å². The molecule has 5 nitrogen and oxygen atoms in total. The van der Waals surface area contributed by atoms with Crippen molar-refractivity contribution in [3.8, 4) is 11.5 Å². The second-order valence-corrected chi connectivity index (χ2v) is 5.09. The lowest BCUT2D eigenvalue weighted by Crippen LogP contribution is -2.36. The maximum atomic E-state index is 12.4. The Morgan fingerprint density at radius 1 is 1.09 bits per heavy atom. The van der Waals surface area contributed by atoms with Crippen molar-refractivity contribution in [3.63, 3.8) is 0 Å². The second kappa shape index (κ2) is 6.30. The van der Waals surface area contributed by atoms with Crippen LogP contribution in [0.15, 0.2) is 54.6 Å². The van der Waals surface area contributed by atoms with Crippen LogP contribution in [0, 0.1) is 0 Å². The fourth-order valence-corrected chi connectivity index (χ4v) is 2.33. The Balaban J connectivity index is 1.75. The summed E-state index contributed by atoms with van der Waals surface area (Å²) in [6.07, 6.45) is 0.313. The number of benzene rings is 2. The predicted molar refractivity (Wildman–Crippen MR) is 81.8 cm³/mol. The number of carbonyl (C=O) groups is 2. The van der Waals surface area contributed by atoms with Gasteiger partial charge in [-0.25, -0.2) is 0 Å². The molecule has 0 aromatic heterocycles. The molecule has 2 amide bonds. The highest BCUT2D eigenvalue weighted by Crippen LogP contribution is 2.25. The molecule has 22 heavy (non-hydrogen) atoms. The number of carbonyl (C=O) groups excluding carboxylic acids is 2. The zero-order valence-corrected chi connectivity index (χ0v) is 11.9. The summed E-state index contributed by atoms with van der Waals surface area (Å²) in [5.41, 5.74) is 0.450. The Morgan fingerprint density at radius 3 is 2.55 bits per heavy atom. The first kappa shape index (κ1) is 14.1. The van der Waals surface area contributed by atoms with Crippen molar-refractivity contribution in [2.45, 2.75) is 12.5 Å². The van der Waals surface area contributed by atoms with Gasteiger partial charge in [0.15, 0.2) is 0 Å². The molecule has 112 valence electrons. The van der Waals surface area contributed by atoms with Crippen LogP contribution in [0.25, 0.3) is 0 Å². The van der Waals surface area contributed by atoms with Gasteiger partial charge in [-0.1, -0.05) is 30.3 Å². The molecule has 1 aliphatic rings. The van der Waals surface area contributed by atoms with Crippen molar-refractivity contribution in [2.24, 2.45) is 0 Å². The first-order valence-corrected chi connectivity index (χ1v) is 7.12. The largest absolute Gasteiger partial charge is 0.457 e. The molecule has 0 saturated carbocycles. The highest BCUT2D eigenvalue weighted by Gasteiger charge is 2.24. The molecule has 2 aromatic rings. The molecule has 0 radical (unpaired) electrons. The first-order valence-electron chi connectivity index (χ1n) is 7.12. The molecule has 0 unspecified atom stereocenters. The highest BCUT2D eigenvalue weighted by molar-refractivity contribution is 5.97. The Labute approximate surface area is 128 Å². The summed E-state index contributed by atoms with van der Waals surface area (Å²) in [5, 5.41) is 5.55. The van der Waals surface area contributed by atoms with Crippen molar-refractivity contribution < 1.29 is 14.3 Å². The molecule has 1 aliphatic heterocycles. The molecule has 1 heterocycles. The van der Waals surface area contributed by atoms with Gasteiger partial charge >= 0.3 is 0 Å². The van der Waals surface area contributed by atoms with E-state index in [4.69, 9.17) is 4.74 Å². The van der Waals surface area contributed by atoms with Gasteiger partial charge in [-0.3, -0.25) is 9.59 Å². The summed E-state index contributed by atoms with van der Waals surface area (Å²) < 4.78 is 5.77. The van der Waals surface area contributed by atoms with Crippen LogP contribution in [-0.4, -0.2) is 24.4 Å². The minimum atomic E-state index is -0.243. The van der Waals surface area contributed by atoms with Crippen LogP contribution >= 0.6 is 0 Å². The van der Waals surface area contributed by atoms with Gasteiger partial charge in [0.2, 0.25) is 5.91 Å². The summed E-state index contributed by atoms with van der Waals surface area (Å²) in [4.78, 5) is 23.6. The molecule has 2 aromatic carbocycles. The van der Waals surface area contributed by atoms with Gasteiger partial charge in [-0.2, -0.15) is 0 Å². The van der Waals surface area contributed by atoms with E-state index in [0.29, 0.717) is 30.0 Å². The molecule has 0 aliphatic carbocycles. The average Bonchev–Trinajstić information content (AvgIpc) is 2.94. The SMILES string of the molecule is O=C1C[C@@H](NC(=O)c2ccccc2Oc2ccccc2)CN1. The number of hydrogen-bond donors (Lipinski definition) is 2. The molecule has 0 spiro atoms. The van der Waals surface area contributed by atoms with Crippen LogP contribution in [0.2, 0.25) is 0 Å². The third-order valence-corrected chi connectivity index (χ3v) is 3.42. The standard InChI is InChI=1S/C17H16N2O3/c20-16-10-12(11-18-16)19-17(21)14-8-4-5-9-15(14)22-13-6-2-1-3-7-13/h1-9,12H,10-11H2,(H,18,20)(H,19,21)/t12-/m1/s1. The Kier molecular flexibility index (Phi) is 4.05. The molecule has 1 atom stereocenters. The third-order valence-electron chi connectivity index (χ3n) is 3.42. The number of nitrogens with one attached hydrogen (secondary N) is 2. The molecule has 1 fully saturated rings. The molecular formula is C17H16N2O3. The molecule has 0 bridgehead atoms. The number of ether oxygens (including phenoxy) is 1. The lowest BCUT2D eigenvalue weighted by molar-refractivity contribution is -0.119. The Bertz CT molecular complexity index is 685. The van der Waals surface area contributed by atoms with Crippen molar-refractivity contribution in [3.05, 3.63) is 60.2 Å². The zero-order valence-electron chi connectivity index (χ0n) is 11.9. The van der Waals surface area contributed by atoms with E-state index in [9.17, 15) is 9.59 Å². The maximum Gasteiger partial charge on any atom is 0.255 e. The molecule has 1 saturated heterocycles. The predicted octanol–water partition coefficient (Wildman–Crippen LogP) is 2.10. The Morgan fingerprint density at radius 2 is 1.82 bits per heavy atom. The van der Waals surface area contributed by atoms with Crippen LogP contribution in [0.1, 0.15) is 16.8 Å². The van der Waals surface area contributed by atoms with E-state index >= 15 is 0 Å². The average molecular weight is 296 g/mol. The topological polar surface area (TPSA) is 67.4 Å². The summed E-state index contributed by atoms with van der Waals surface area (Å²) in [6.45, 7) is 0.465. The van der Waals surface area contributed by atoms with E-state index in [1.54, 1.807) is 18.2 Å². The minimum absolute atomic E-state index is 0.0425. The van der Waals surface area contributed by atoms with Crippen LogP contribution in [0.3, 0.4) is 0 Å². The van der Waals surface area contributed by atoms with E-state index in [1.807, 2.05) is 36.4 Å². The van der Waals surface area contributed by atoms with E-state index in [0.717, 1.165) is 0 Å². The monoisotopic (exact) mass is 296 g/mol. The second-order valence-electron chi connectivity index (χ2n) is 5.09. The number of para-hydroxylation sites is 2. The summed E-state index contributed by atoms with van der Waals surface area (Å²) in [6, 6.07) is 16.2. The fourth-order valence-electron chi connectivity index (χ4n) is 2.33. The minimum Gasteiger partial charge on any atom is -0.457 e. The van der Waals surface area contributed by atoms with Gasteiger partial charge in [-0.05, 0) is 24.3 Å². The maximum absolute atomic E-state index is 12.4. The lowest BCUT2D eigenvalue weighted by atomic mass is 10.1. The Hall–Kier alpha value is -2.82. The fraction of sp³-hybridized carbons (Fsp3) is 0.176. The van der Waals surface area contributed by atoms with E-state index in [-0.39, 0.29) is 17.9 Å². The highest BCUT2D eigenvalue weighted by atomic mass is 16.5. The van der Waals surface area contributed by atoms with Crippen LogP contribution in [-0.2, 0) is 4.79 Å². The molecule has 3 rings (SSSR count). The van der Waals surface area contributed by atoms with Gasteiger partial charge in [-0.15, -0.1) is 0 Å². The van der Waals surface area contributed by atoms with Crippen LogP contribution in [0.5, 0.6) is 11.5 Å². The number of rotatable bonds is 4. The quantitative estimate of drug-likeness (QED) is 0.908. The van der Waals surface area contributed by atoms with Crippen LogP contribution < -0.4 is 15.4 Å². The smallest absolute Gasteiger partial charge is 0.255 e. The van der Waals surface area contributed by atoms with Gasteiger partial charge in [0.05, 0.1) is 11.6 Å². The molecule has 2 N–H and O–H groups in total. The molecular weight excluding hydrogens is 280 g/mol. The van der Waals surface area contributed by atoms with Crippen molar-refractivity contribution in [1.82, 2.24) is 10.6 Å². The van der Waals surface area contributed by atoms with Gasteiger partial charge < -0.3 is 15.4 Å². The van der Waals surface area contributed by atoms with E-state index < -0.39 is 0 Å². The van der Waals surface area contributed by atoms with E-state index in [1.165, 1.54) is 0 Å². The number of hydrogen-bond acceptors (Lipinski definition) is 3. The van der Waals surface area contributed by atoms with Gasteiger partial charge in [0, 0.05) is 13.0 Å². The third kappa shape index (κ3) is 3.25. The number of amides is 2. The normalized spacial score (nSPS) is 16.9. The van der Waals surface area contributed by atoms with E-state index in [2.05, 4.69) is 10.6 Å². The lowest BCUT2D eigenvalue weighted by Gasteiger charge is -2.14.